The van der Waals surface area contributed by atoms with Crippen molar-refractivity contribution < 1.29 is 0 Å². The largest absolute Gasteiger partial charge is 0.339 e. The number of aryl methyl sites for hydroxylation is 1. The second-order valence-electron chi connectivity index (χ2n) is 5.29. The molecule has 0 aliphatic rings. The minimum absolute atomic E-state index is 0.411. The zero-order valence-corrected chi connectivity index (χ0v) is 14.7. The number of hydrogen-bond donors (Lipinski definition) is 2. The van der Waals surface area contributed by atoms with Gasteiger partial charge in [0.15, 0.2) is 5.82 Å². The molecule has 0 saturated carbocycles. The van der Waals surface area contributed by atoms with Crippen LogP contribution in [0.4, 0.5) is 23.1 Å². The van der Waals surface area contributed by atoms with Crippen LogP contribution < -0.4 is 10.6 Å². The van der Waals surface area contributed by atoms with E-state index >= 15 is 0 Å². The molecule has 0 fully saturated rings. The molecule has 3 aromatic rings. The molecule has 122 valence electrons. The van der Waals surface area contributed by atoms with Crippen LogP contribution >= 0.6 is 23.2 Å². The van der Waals surface area contributed by atoms with Gasteiger partial charge in [0.25, 0.3) is 0 Å². The highest BCUT2D eigenvalue weighted by Crippen LogP contribution is 2.27. The van der Waals surface area contributed by atoms with E-state index in [2.05, 4.69) is 38.8 Å². The second kappa shape index (κ2) is 7.03. The molecule has 0 unspecified atom stereocenters. The van der Waals surface area contributed by atoms with Gasteiger partial charge >= 0.3 is 0 Å². The van der Waals surface area contributed by atoms with Crippen LogP contribution in [0.25, 0.3) is 0 Å². The Morgan fingerprint density at radius 1 is 0.958 bits per heavy atom. The van der Waals surface area contributed by atoms with E-state index in [9.17, 15) is 0 Å². The summed E-state index contributed by atoms with van der Waals surface area (Å²) in [6.45, 7) is 4.10. The van der Waals surface area contributed by atoms with Crippen molar-refractivity contribution in [3.05, 3.63) is 63.8 Å². The maximum Gasteiger partial charge on any atom is 0.249 e. The van der Waals surface area contributed by atoms with Crippen LogP contribution in [0.5, 0.6) is 0 Å². The number of nitrogens with one attached hydrogen (secondary N) is 2. The molecule has 1 aromatic heterocycles. The Hall–Kier alpha value is -2.37. The van der Waals surface area contributed by atoms with Crippen molar-refractivity contribution in [1.82, 2.24) is 15.2 Å². The fourth-order valence-corrected chi connectivity index (χ4v) is 2.44. The molecule has 3 rings (SSSR count). The molecule has 0 radical (unpaired) electrons. The number of rotatable bonds is 4. The summed E-state index contributed by atoms with van der Waals surface area (Å²) in [5.41, 5.74) is 4.05. The summed E-state index contributed by atoms with van der Waals surface area (Å²) >= 11 is 11.9. The number of nitrogens with zero attached hydrogens (tertiary/aromatic N) is 3. The first-order valence-corrected chi connectivity index (χ1v) is 8.03. The molecule has 1 heterocycles. The third-order valence-corrected chi connectivity index (χ3v) is 4.34. The van der Waals surface area contributed by atoms with E-state index in [-0.39, 0.29) is 0 Å². The predicted molar refractivity (Wildman–Crippen MR) is 98.8 cm³/mol. The standard InChI is InChI=1S/C17H15Cl2N5/c1-10-4-3-5-15(11(10)2)22-17-23-16(9-20-24-17)21-12-6-7-13(18)14(19)8-12/h3-9H,1-2H3,(H2,21,22,23,24). The van der Waals surface area contributed by atoms with Crippen molar-refractivity contribution >= 4 is 46.3 Å². The quantitative estimate of drug-likeness (QED) is 0.663. The molecule has 0 atom stereocenters. The van der Waals surface area contributed by atoms with E-state index in [0.717, 1.165) is 16.9 Å². The normalized spacial score (nSPS) is 10.5. The second-order valence-corrected chi connectivity index (χ2v) is 6.11. The SMILES string of the molecule is Cc1cccc(Nc2nncc(Nc3ccc(Cl)c(Cl)c3)n2)c1C. The Bertz CT molecular complexity index is 883. The molecule has 0 spiro atoms. The van der Waals surface area contributed by atoms with Gasteiger partial charge in [-0.1, -0.05) is 35.3 Å². The minimum atomic E-state index is 0.411. The highest BCUT2D eigenvalue weighted by molar-refractivity contribution is 6.42. The smallest absolute Gasteiger partial charge is 0.249 e. The Labute approximate surface area is 150 Å². The summed E-state index contributed by atoms with van der Waals surface area (Å²) < 4.78 is 0. The van der Waals surface area contributed by atoms with E-state index in [1.807, 2.05) is 25.1 Å². The van der Waals surface area contributed by atoms with Crippen LogP contribution in [-0.2, 0) is 0 Å². The van der Waals surface area contributed by atoms with Crippen molar-refractivity contribution in [1.29, 1.82) is 0 Å². The summed E-state index contributed by atoms with van der Waals surface area (Å²) in [6, 6.07) is 11.3. The molecule has 5 nitrogen and oxygen atoms in total. The monoisotopic (exact) mass is 359 g/mol. The Kier molecular flexibility index (Phi) is 4.83. The molecule has 24 heavy (non-hydrogen) atoms. The van der Waals surface area contributed by atoms with Crippen molar-refractivity contribution in [2.75, 3.05) is 10.6 Å². The van der Waals surface area contributed by atoms with Crippen LogP contribution in [0.1, 0.15) is 11.1 Å². The zero-order chi connectivity index (χ0) is 17.1. The van der Waals surface area contributed by atoms with Crippen LogP contribution in [0.15, 0.2) is 42.6 Å². The average Bonchev–Trinajstić information content (AvgIpc) is 2.56. The molecule has 0 saturated heterocycles. The summed E-state index contributed by atoms with van der Waals surface area (Å²) in [6.07, 6.45) is 1.54. The van der Waals surface area contributed by atoms with Crippen LogP contribution in [0.3, 0.4) is 0 Å². The lowest BCUT2D eigenvalue weighted by Gasteiger charge is -2.11. The zero-order valence-electron chi connectivity index (χ0n) is 13.1. The summed E-state index contributed by atoms with van der Waals surface area (Å²) in [7, 11) is 0. The molecule has 0 aliphatic heterocycles. The van der Waals surface area contributed by atoms with Gasteiger partial charge in [-0.25, -0.2) is 0 Å². The molecular weight excluding hydrogens is 345 g/mol. The van der Waals surface area contributed by atoms with Crippen LogP contribution in [0, 0.1) is 13.8 Å². The average molecular weight is 360 g/mol. The molecule has 0 amide bonds. The van der Waals surface area contributed by atoms with Crippen molar-refractivity contribution in [2.45, 2.75) is 13.8 Å². The van der Waals surface area contributed by atoms with E-state index in [1.54, 1.807) is 12.1 Å². The van der Waals surface area contributed by atoms with Crippen LogP contribution in [0.2, 0.25) is 10.0 Å². The lowest BCUT2D eigenvalue weighted by atomic mass is 10.1. The van der Waals surface area contributed by atoms with E-state index in [4.69, 9.17) is 23.2 Å². The summed E-state index contributed by atoms with van der Waals surface area (Å²) in [5.74, 6) is 0.963. The predicted octanol–water partition coefficient (Wildman–Crippen LogP) is 5.28. The molecule has 0 aliphatic carbocycles. The maximum atomic E-state index is 6.02. The van der Waals surface area contributed by atoms with Crippen molar-refractivity contribution in [3.63, 3.8) is 0 Å². The van der Waals surface area contributed by atoms with Gasteiger partial charge in [0.05, 0.1) is 16.2 Å². The van der Waals surface area contributed by atoms with Gasteiger partial charge in [-0.15, -0.1) is 5.10 Å². The lowest BCUT2D eigenvalue weighted by molar-refractivity contribution is 0.981. The highest BCUT2D eigenvalue weighted by atomic mass is 35.5. The van der Waals surface area contributed by atoms with Gasteiger partial charge < -0.3 is 10.6 Å². The fourth-order valence-electron chi connectivity index (χ4n) is 2.15. The van der Waals surface area contributed by atoms with Gasteiger partial charge in [-0.05, 0) is 49.2 Å². The number of halogens is 2. The van der Waals surface area contributed by atoms with Crippen LogP contribution in [-0.4, -0.2) is 15.2 Å². The first-order chi connectivity index (χ1) is 11.5. The number of anilines is 4. The minimum Gasteiger partial charge on any atom is -0.339 e. The third kappa shape index (κ3) is 3.75. The van der Waals surface area contributed by atoms with E-state index < -0.39 is 0 Å². The molecule has 2 aromatic carbocycles. The number of hydrogen-bond acceptors (Lipinski definition) is 5. The number of benzene rings is 2. The number of aromatic nitrogens is 3. The molecular formula is C17H15Cl2N5. The van der Waals surface area contributed by atoms with Crippen molar-refractivity contribution in [3.8, 4) is 0 Å². The van der Waals surface area contributed by atoms with Gasteiger partial charge in [0, 0.05) is 11.4 Å². The third-order valence-electron chi connectivity index (χ3n) is 3.60. The van der Waals surface area contributed by atoms with Gasteiger partial charge in [0.1, 0.15) is 0 Å². The molecule has 0 bridgehead atoms. The topological polar surface area (TPSA) is 62.7 Å². The maximum absolute atomic E-state index is 6.02. The Morgan fingerprint density at radius 2 is 1.79 bits per heavy atom. The molecule has 7 heteroatoms. The fraction of sp³-hybridized carbons (Fsp3) is 0.118. The highest BCUT2D eigenvalue weighted by Gasteiger charge is 2.06. The Morgan fingerprint density at radius 3 is 2.58 bits per heavy atom. The van der Waals surface area contributed by atoms with Crippen molar-refractivity contribution in [2.24, 2.45) is 0 Å². The summed E-state index contributed by atoms with van der Waals surface area (Å²) in [5, 5.41) is 15.3. The lowest BCUT2D eigenvalue weighted by Crippen LogP contribution is -2.03. The Balaban J connectivity index is 1.81. The first-order valence-electron chi connectivity index (χ1n) is 7.28. The molecule has 2 N–H and O–H groups in total. The summed E-state index contributed by atoms with van der Waals surface area (Å²) in [4.78, 5) is 4.41. The van der Waals surface area contributed by atoms with Gasteiger partial charge in [0.2, 0.25) is 5.95 Å². The van der Waals surface area contributed by atoms with E-state index in [1.165, 1.54) is 11.8 Å². The van der Waals surface area contributed by atoms with Gasteiger partial charge in [-0.3, -0.25) is 0 Å². The first kappa shape index (κ1) is 16.5. The van der Waals surface area contributed by atoms with E-state index in [0.29, 0.717) is 21.8 Å². The van der Waals surface area contributed by atoms with Gasteiger partial charge in [-0.2, -0.15) is 10.1 Å².